The van der Waals surface area contributed by atoms with E-state index in [-0.39, 0.29) is 16.4 Å². The molecule has 0 aliphatic heterocycles. The molecule has 166 valence electrons. The van der Waals surface area contributed by atoms with Crippen LogP contribution in [0.25, 0.3) is 16.9 Å². The second-order valence-electron chi connectivity index (χ2n) is 7.07. The molecule has 0 saturated heterocycles. The number of pyridine rings is 1. The van der Waals surface area contributed by atoms with Gasteiger partial charge >= 0.3 is 6.18 Å². The molecule has 2 aromatic carbocycles. The van der Waals surface area contributed by atoms with Crippen LogP contribution in [0.3, 0.4) is 0 Å². The number of alkyl halides is 3. The Morgan fingerprint density at radius 3 is 2.41 bits per heavy atom. The Morgan fingerprint density at radius 1 is 1.03 bits per heavy atom. The molecule has 6 nitrogen and oxygen atoms in total. The molecule has 0 aliphatic carbocycles. The van der Waals surface area contributed by atoms with Gasteiger partial charge in [0.25, 0.3) is 0 Å². The molecule has 2 aromatic heterocycles. The van der Waals surface area contributed by atoms with Crippen molar-refractivity contribution in [1.82, 2.24) is 14.1 Å². The van der Waals surface area contributed by atoms with Crippen LogP contribution in [0, 0.1) is 6.92 Å². The number of imidazole rings is 1. The van der Waals surface area contributed by atoms with Gasteiger partial charge in [0.05, 0.1) is 22.3 Å². The molecule has 10 heteroatoms. The fraction of sp³-hybridized carbons (Fsp3) is 0.136. The first-order chi connectivity index (χ1) is 15.1. The molecular weight excluding hydrogens is 443 g/mol. The number of hydrogen-bond donors (Lipinski definition) is 1. The van der Waals surface area contributed by atoms with Crippen molar-refractivity contribution in [2.45, 2.75) is 18.0 Å². The minimum absolute atomic E-state index is 0.0110. The molecule has 0 aliphatic rings. The van der Waals surface area contributed by atoms with Gasteiger partial charge in [-0.15, -0.1) is 0 Å². The van der Waals surface area contributed by atoms with Crippen LogP contribution < -0.4 is 9.46 Å². The average Bonchev–Trinajstić information content (AvgIpc) is 3.16. The first-order valence-electron chi connectivity index (χ1n) is 9.45. The highest BCUT2D eigenvalue weighted by Crippen LogP contribution is 2.37. The van der Waals surface area contributed by atoms with Gasteiger partial charge in [-0.1, -0.05) is 0 Å². The molecular formula is C22H18F3N3O3S. The Morgan fingerprint density at radius 2 is 1.75 bits per heavy atom. The lowest BCUT2D eigenvalue weighted by Crippen LogP contribution is -2.18. The third-order valence-electron chi connectivity index (χ3n) is 4.88. The van der Waals surface area contributed by atoms with Crippen LogP contribution in [0.2, 0.25) is 0 Å². The molecule has 0 bridgehead atoms. The van der Waals surface area contributed by atoms with E-state index in [1.165, 1.54) is 37.4 Å². The lowest BCUT2D eigenvalue weighted by Gasteiger charge is -2.14. The number of aromatic nitrogens is 2. The highest BCUT2D eigenvalue weighted by Gasteiger charge is 2.30. The number of nitrogens with one attached hydrogen (secondary N) is 1. The van der Waals surface area contributed by atoms with Crippen molar-refractivity contribution in [2.75, 3.05) is 7.05 Å². The predicted octanol–water partition coefficient (Wildman–Crippen LogP) is 5.03. The Kier molecular flexibility index (Phi) is 5.43. The highest BCUT2D eigenvalue weighted by atomic mass is 32.2. The zero-order valence-electron chi connectivity index (χ0n) is 17.0. The van der Waals surface area contributed by atoms with Crippen molar-refractivity contribution in [3.8, 4) is 22.8 Å². The summed E-state index contributed by atoms with van der Waals surface area (Å²) >= 11 is 0. The summed E-state index contributed by atoms with van der Waals surface area (Å²) in [5.74, 6) is 0.440. The quantitative estimate of drug-likeness (QED) is 0.453. The van der Waals surface area contributed by atoms with E-state index in [0.717, 1.165) is 17.7 Å². The Labute approximate surface area is 182 Å². The van der Waals surface area contributed by atoms with E-state index in [0.29, 0.717) is 16.9 Å². The molecule has 0 atom stereocenters. The monoisotopic (exact) mass is 461 g/mol. The molecule has 32 heavy (non-hydrogen) atoms. The van der Waals surface area contributed by atoms with Crippen LogP contribution in [0.1, 0.15) is 11.1 Å². The Hall–Kier alpha value is -3.37. The first kappa shape index (κ1) is 21.8. The Balaban J connectivity index is 1.83. The minimum atomic E-state index is -4.46. The second-order valence-corrected chi connectivity index (χ2v) is 8.95. The number of ether oxygens (including phenoxy) is 1. The number of benzene rings is 2. The maximum atomic E-state index is 12.8. The van der Waals surface area contributed by atoms with Crippen LogP contribution in [-0.4, -0.2) is 24.9 Å². The van der Waals surface area contributed by atoms with Crippen molar-refractivity contribution >= 4 is 15.7 Å². The van der Waals surface area contributed by atoms with E-state index in [1.807, 2.05) is 19.1 Å². The molecule has 4 rings (SSSR count). The summed E-state index contributed by atoms with van der Waals surface area (Å²) in [5, 5.41) is 0. The summed E-state index contributed by atoms with van der Waals surface area (Å²) in [5.41, 5.74) is 1.84. The van der Waals surface area contributed by atoms with Crippen LogP contribution in [0.15, 0.2) is 71.9 Å². The summed E-state index contributed by atoms with van der Waals surface area (Å²) in [6.07, 6.45) is -1.07. The number of hydrogen-bond acceptors (Lipinski definition) is 4. The maximum Gasteiger partial charge on any atom is 0.416 e. The van der Waals surface area contributed by atoms with Gasteiger partial charge in [0.1, 0.15) is 17.1 Å². The van der Waals surface area contributed by atoms with Crippen LogP contribution >= 0.6 is 0 Å². The zero-order chi connectivity index (χ0) is 23.1. The summed E-state index contributed by atoms with van der Waals surface area (Å²) in [6, 6.07) is 12.3. The van der Waals surface area contributed by atoms with Gasteiger partial charge in [-0.05, 0) is 74.1 Å². The molecule has 0 spiro atoms. The highest BCUT2D eigenvalue weighted by molar-refractivity contribution is 7.89. The number of fused-ring (bicyclic) bond motifs is 1. The van der Waals surface area contributed by atoms with Crippen molar-refractivity contribution in [3.05, 3.63) is 78.1 Å². The molecule has 0 saturated carbocycles. The predicted molar refractivity (Wildman–Crippen MR) is 113 cm³/mol. The summed E-state index contributed by atoms with van der Waals surface area (Å²) in [6.45, 7) is 1.92. The molecule has 0 amide bonds. The van der Waals surface area contributed by atoms with Crippen LogP contribution in [-0.2, 0) is 16.2 Å². The lowest BCUT2D eigenvalue weighted by molar-refractivity contribution is -0.137. The third-order valence-corrected chi connectivity index (χ3v) is 6.30. The maximum absolute atomic E-state index is 12.8. The van der Waals surface area contributed by atoms with E-state index in [1.54, 1.807) is 16.8 Å². The van der Waals surface area contributed by atoms with Crippen LogP contribution in [0.5, 0.6) is 11.5 Å². The molecule has 0 radical (unpaired) electrons. The largest absolute Gasteiger partial charge is 0.457 e. The summed E-state index contributed by atoms with van der Waals surface area (Å²) < 4.78 is 73.1. The minimum Gasteiger partial charge on any atom is -0.457 e. The normalized spacial score (nSPS) is 12.3. The fourth-order valence-electron chi connectivity index (χ4n) is 3.20. The SMILES string of the molecule is CNS(=O)(=O)c1ccc(Oc2ccc(C(F)(F)F)cc2)c(-c2cnc3cc(C)ccn23)c1. The van der Waals surface area contributed by atoms with E-state index >= 15 is 0 Å². The zero-order valence-corrected chi connectivity index (χ0v) is 17.8. The second kappa shape index (κ2) is 7.95. The molecule has 2 heterocycles. The molecule has 0 fully saturated rings. The van der Waals surface area contributed by atoms with Gasteiger partial charge in [0.15, 0.2) is 0 Å². The van der Waals surface area contributed by atoms with Crippen LogP contribution in [0.4, 0.5) is 13.2 Å². The Bertz CT molecular complexity index is 1400. The first-order valence-corrected chi connectivity index (χ1v) is 10.9. The van der Waals surface area contributed by atoms with E-state index in [4.69, 9.17) is 4.74 Å². The topological polar surface area (TPSA) is 72.7 Å². The van der Waals surface area contributed by atoms with Gasteiger partial charge in [0, 0.05) is 11.8 Å². The standard InChI is InChI=1S/C22H18F3N3O3S/c1-14-9-10-28-19(13-27-21(28)11-14)18-12-17(32(29,30)26-2)7-8-20(18)31-16-5-3-15(4-6-16)22(23,24)25/h3-13,26H,1-2H3. The van der Waals surface area contributed by atoms with Gasteiger partial charge in [-0.3, -0.25) is 4.40 Å². The average molecular weight is 461 g/mol. The number of rotatable bonds is 5. The van der Waals surface area contributed by atoms with E-state index in [2.05, 4.69) is 9.71 Å². The summed E-state index contributed by atoms with van der Waals surface area (Å²) in [7, 11) is -2.44. The fourth-order valence-corrected chi connectivity index (χ4v) is 3.96. The number of nitrogens with zero attached hydrogens (tertiary/aromatic N) is 2. The van der Waals surface area contributed by atoms with E-state index in [9.17, 15) is 21.6 Å². The van der Waals surface area contributed by atoms with Gasteiger partial charge in [0.2, 0.25) is 10.0 Å². The van der Waals surface area contributed by atoms with E-state index < -0.39 is 21.8 Å². The van der Waals surface area contributed by atoms with Crippen molar-refractivity contribution in [1.29, 1.82) is 0 Å². The lowest BCUT2D eigenvalue weighted by atomic mass is 10.1. The van der Waals surface area contributed by atoms with Crippen molar-refractivity contribution in [3.63, 3.8) is 0 Å². The van der Waals surface area contributed by atoms with Gasteiger partial charge < -0.3 is 4.74 Å². The number of halogens is 3. The smallest absolute Gasteiger partial charge is 0.416 e. The molecule has 0 unspecified atom stereocenters. The molecule has 1 N–H and O–H groups in total. The van der Waals surface area contributed by atoms with Gasteiger partial charge in [-0.2, -0.15) is 13.2 Å². The third kappa shape index (κ3) is 4.19. The molecule has 4 aromatic rings. The number of sulfonamides is 1. The van der Waals surface area contributed by atoms with Gasteiger partial charge in [-0.25, -0.2) is 18.1 Å². The van der Waals surface area contributed by atoms with Crippen molar-refractivity contribution < 1.29 is 26.3 Å². The van der Waals surface area contributed by atoms with Crippen molar-refractivity contribution in [2.24, 2.45) is 0 Å². The number of aryl methyl sites for hydroxylation is 1. The summed E-state index contributed by atoms with van der Waals surface area (Å²) in [4.78, 5) is 4.38.